The Morgan fingerprint density at radius 1 is 1.24 bits per heavy atom. The fourth-order valence-electron chi connectivity index (χ4n) is 1.75. The van der Waals surface area contributed by atoms with Crippen molar-refractivity contribution < 1.29 is 0 Å². The Morgan fingerprint density at radius 3 is 2.59 bits per heavy atom. The lowest BCUT2D eigenvalue weighted by atomic mass is 10.1. The quantitative estimate of drug-likeness (QED) is 0.763. The lowest BCUT2D eigenvalue weighted by molar-refractivity contribution is 0.643. The third-order valence-corrected chi connectivity index (χ3v) is 2.58. The minimum Gasteiger partial charge on any atom is -0.370 e. The Morgan fingerprint density at radius 2 is 1.94 bits per heavy atom. The van der Waals surface area contributed by atoms with Gasteiger partial charge in [-0.15, -0.1) is 0 Å². The molecule has 4 nitrogen and oxygen atoms in total. The van der Waals surface area contributed by atoms with Gasteiger partial charge in [-0.3, -0.25) is 0 Å². The second-order valence-electron chi connectivity index (χ2n) is 4.40. The van der Waals surface area contributed by atoms with Gasteiger partial charge < -0.3 is 10.6 Å². The van der Waals surface area contributed by atoms with Gasteiger partial charge in [-0.05, 0) is 27.2 Å². The van der Waals surface area contributed by atoms with Crippen LogP contribution in [0, 0.1) is 6.92 Å². The van der Waals surface area contributed by atoms with Crippen LogP contribution >= 0.6 is 0 Å². The molecule has 0 aliphatic heterocycles. The first-order valence-corrected chi connectivity index (χ1v) is 6.51. The number of hydrogen-bond acceptors (Lipinski definition) is 4. The lowest BCUT2D eigenvalue weighted by Crippen LogP contribution is -2.16. The largest absolute Gasteiger partial charge is 0.370 e. The molecule has 0 spiro atoms. The smallest absolute Gasteiger partial charge is 0.132 e. The van der Waals surface area contributed by atoms with E-state index in [1.165, 1.54) is 19.3 Å². The molecule has 1 aromatic heterocycles. The molecule has 0 saturated carbocycles. The van der Waals surface area contributed by atoms with Crippen LogP contribution in [0.4, 0.5) is 11.6 Å². The maximum atomic E-state index is 4.40. The normalized spacial score (nSPS) is 12.2. The lowest BCUT2D eigenvalue weighted by Gasteiger charge is -2.15. The summed E-state index contributed by atoms with van der Waals surface area (Å²) in [6, 6.07) is 2.43. The van der Waals surface area contributed by atoms with Crippen molar-refractivity contribution in [1.29, 1.82) is 0 Å². The fourth-order valence-corrected chi connectivity index (χ4v) is 1.75. The topological polar surface area (TPSA) is 49.8 Å². The zero-order valence-electron chi connectivity index (χ0n) is 11.4. The van der Waals surface area contributed by atoms with Gasteiger partial charge in [0.15, 0.2) is 0 Å². The molecule has 0 amide bonds. The second-order valence-corrected chi connectivity index (χ2v) is 4.40. The Kier molecular flexibility index (Phi) is 5.73. The van der Waals surface area contributed by atoms with Crippen molar-refractivity contribution in [2.75, 3.05) is 17.2 Å². The highest BCUT2D eigenvalue weighted by Gasteiger charge is 2.05. The third kappa shape index (κ3) is 5.02. The zero-order chi connectivity index (χ0) is 12.7. The molecule has 1 atom stereocenters. The molecular formula is C13H24N4. The minimum absolute atomic E-state index is 0.457. The van der Waals surface area contributed by atoms with Gasteiger partial charge in [-0.2, -0.15) is 0 Å². The van der Waals surface area contributed by atoms with Crippen molar-refractivity contribution in [1.82, 2.24) is 9.97 Å². The number of anilines is 2. The number of nitrogens with one attached hydrogen (secondary N) is 2. The summed E-state index contributed by atoms with van der Waals surface area (Å²) in [6.45, 7) is 9.27. The Bertz CT molecular complexity index is 338. The highest BCUT2D eigenvalue weighted by atomic mass is 15.1. The van der Waals surface area contributed by atoms with E-state index in [4.69, 9.17) is 0 Å². The van der Waals surface area contributed by atoms with E-state index in [2.05, 4.69) is 41.4 Å². The number of nitrogens with zero attached hydrogens (tertiary/aromatic N) is 2. The highest BCUT2D eigenvalue weighted by Crippen LogP contribution is 2.13. The van der Waals surface area contributed by atoms with E-state index < -0.39 is 0 Å². The van der Waals surface area contributed by atoms with Crippen LogP contribution in [0.5, 0.6) is 0 Å². The Balaban J connectivity index is 2.63. The second kappa shape index (κ2) is 7.09. The fraction of sp³-hybridized carbons (Fsp3) is 0.692. The van der Waals surface area contributed by atoms with E-state index >= 15 is 0 Å². The van der Waals surface area contributed by atoms with Crippen LogP contribution in [0.3, 0.4) is 0 Å². The van der Waals surface area contributed by atoms with Gasteiger partial charge >= 0.3 is 0 Å². The molecule has 0 aliphatic rings. The van der Waals surface area contributed by atoms with Crippen LogP contribution < -0.4 is 10.6 Å². The molecule has 0 bridgehead atoms. The minimum atomic E-state index is 0.457. The van der Waals surface area contributed by atoms with Gasteiger partial charge in [0, 0.05) is 18.7 Å². The molecule has 96 valence electrons. The van der Waals surface area contributed by atoms with Gasteiger partial charge in [0.25, 0.3) is 0 Å². The van der Waals surface area contributed by atoms with Crippen LogP contribution in [-0.2, 0) is 0 Å². The predicted octanol–water partition coefficient (Wildman–Crippen LogP) is 3.21. The molecule has 0 saturated heterocycles. The van der Waals surface area contributed by atoms with Crippen molar-refractivity contribution in [3.63, 3.8) is 0 Å². The third-order valence-electron chi connectivity index (χ3n) is 2.58. The molecule has 0 aliphatic carbocycles. The highest BCUT2D eigenvalue weighted by molar-refractivity contribution is 5.47. The summed E-state index contributed by atoms with van der Waals surface area (Å²) in [5, 5.41) is 6.64. The molecule has 1 aromatic rings. The number of hydrogen-bond donors (Lipinski definition) is 2. The van der Waals surface area contributed by atoms with Gasteiger partial charge in [0.2, 0.25) is 0 Å². The summed E-state index contributed by atoms with van der Waals surface area (Å²) in [5.41, 5.74) is 0. The molecule has 1 heterocycles. The molecular weight excluding hydrogens is 212 g/mol. The van der Waals surface area contributed by atoms with Gasteiger partial charge in [0.05, 0.1) is 0 Å². The number of aromatic nitrogens is 2. The van der Waals surface area contributed by atoms with E-state index in [1.807, 2.05) is 13.0 Å². The monoisotopic (exact) mass is 236 g/mol. The maximum Gasteiger partial charge on any atom is 0.132 e. The van der Waals surface area contributed by atoms with Crippen LogP contribution in [0.15, 0.2) is 6.07 Å². The van der Waals surface area contributed by atoms with Crippen molar-refractivity contribution in [2.24, 2.45) is 0 Å². The van der Waals surface area contributed by atoms with E-state index in [9.17, 15) is 0 Å². The first kappa shape index (κ1) is 13.7. The molecule has 4 heteroatoms. The molecule has 1 rings (SSSR count). The summed E-state index contributed by atoms with van der Waals surface area (Å²) < 4.78 is 0. The summed E-state index contributed by atoms with van der Waals surface area (Å²) in [4.78, 5) is 8.73. The molecule has 17 heavy (non-hydrogen) atoms. The molecule has 0 aromatic carbocycles. The van der Waals surface area contributed by atoms with Crippen molar-refractivity contribution >= 4 is 11.6 Å². The number of unbranched alkanes of at least 4 members (excludes halogenated alkanes) is 1. The number of aryl methyl sites for hydroxylation is 1. The zero-order valence-corrected chi connectivity index (χ0v) is 11.4. The summed E-state index contributed by atoms with van der Waals surface area (Å²) in [5.74, 6) is 2.61. The van der Waals surface area contributed by atoms with Crippen molar-refractivity contribution in [3.05, 3.63) is 11.9 Å². The van der Waals surface area contributed by atoms with E-state index in [0.29, 0.717) is 6.04 Å². The first-order valence-electron chi connectivity index (χ1n) is 6.51. The van der Waals surface area contributed by atoms with Crippen molar-refractivity contribution in [3.8, 4) is 0 Å². The standard InChI is InChI=1S/C13H24N4/c1-5-7-8-10(3)15-13-9-12(14-6-2)16-11(4)17-13/h9-10H,5-8H2,1-4H3,(H2,14,15,16,17). The SMILES string of the molecule is CCCCC(C)Nc1cc(NCC)nc(C)n1. The average Bonchev–Trinajstić information content (AvgIpc) is 2.26. The first-order chi connectivity index (χ1) is 8.15. The van der Waals surface area contributed by atoms with E-state index in [0.717, 1.165) is 24.0 Å². The summed E-state index contributed by atoms with van der Waals surface area (Å²) in [7, 11) is 0. The van der Waals surface area contributed by atoms with E-state index in [-0.39, 0.29) is 0 Å². The van der Waals surface area contributed by atoms with Crippen LogP contribution in [-0.4, -0.2) is 22.6 Å². The predicted molar refractivity (Wildman–Crippen MR) is 73.5 cm³/mol. The van der Waals surface area contributed by atoms with Gasteiger partial charge in [-0.25, -0.2) is 9.97 Å². The summed E-state index contributed by atoms with van der Waals surface area (Å²) >= 11 is 0. The van der Waals surface area contributed by atoms with Gasteiger partial charge in [-0.1, -0.05) is 19.8 Å². The van der Waals surface area contributed by atoms with Gasteiger partial charge in [0.1, 0.15) is 17.5 Å². The molecule has 0 radical (unpaired) electrons. The maximum absolute atomic E-state index is 4.40. The average molecular weight is 236 g/mol. The molecule has 2 N–H and O–H groups in total. The van der Waals surface area contributed by atoms with Crippen LogP contribution in [0.1, 0.15) is 45.9 Å². The molecule has 1 unspecified atom stereocenters. The summed E-state index contributed by atoms with van der Waals surface area (Å²) in [6.07, 6.45) is 3.66. The Hall–Kier alpha value is -1.32. The van der Waals surface area contributed by atoms with E-state index in [1.54, 1.807) is 0 Å². The van der Waals surface area contributed by atoms with Crippen LogP contribution in [0.2, 0.25) is 0 Å². The number of rotatable bonds is 7. The van der Waals surface area contributed by atoms with Crippen LogP contribution in [0.25, 0.3) is 0 Å². The van der Waals surface area contributed by atoms with Crippen molar-refractivity contribution in [2.45, 2.75) is 53.0 Å². The Labute approximate surface area is 104 Å². The molecule has 0 fully saturated rings.